The monoisotopic (exact) mass is 265 g/mol. The van der Waals surface area contributed by atoms with Crippen molar-refractivity contribution < 1.29 is 23.1 Å². The molecule has 1 heterocycles. The first-order chi connectivity index (χ1) is 7.81. The predicted octanol–water partition coefficient (Wildman–Crippen LogP) is 0.148. The molecular weight excluding hydrogens is 246 g/mol. The van der Waals surface area contributed by atoms with Crippen LogP contribution in [0.3, 0.4) is 0 Å². The van der Waals surface area contributed by atoms with E-state index in [4.69, 9.17) is 9.84 Å². The molecule has 6 nitrogen and oxygen atoms in total. The number of sulfonamides is 1. The van der Waals surface area contributed by atoms with Gasteiger partial charge in [-0.05, 0) is 5.92 Å². The first kappa shape index (κ1) is 14.4. The number of rotatable bonds is 5. The van der Waals surface area contributed by atoms with Crippen LogP contribution in [0.1, 0.15) is 20.3 Å². The van der Waals surface area contributed by atoms with Crippen molar-refractivity contribution in [2.45, 2.75) is 26.4 Å². The molecule has 0 aromatic heterocycles. The van der Waals surface area contributed by atoms with E-state index in [0.717, 1.165) is 0 Å². The van der Waals surface area contributed by atoms with Gasteiger partial charge in [0.05, 0.1) is 24.9 Å². The van der Waals surface area contributed by atoms with E-state index in [2.05, 4.69) is 0 Å². The average molecular weight is 265 g/mol. The third-order valence-electron chi connectivity index (χ3n) is 2.44. The highest BCUT2D eigenvalue weighted by Gasteiger charge is 2.30. The largest absolute Gasteiger partial charge is 0.481 e. The van der Waals surface area contributed by atoms with Gasteiger partial charge in [-0.3, -0.25) is 4.79 Å². The van der Waals surface area contributed by atoms with E-state index in [-0.39, 0.29) is 31.2 Å². The second kappa shape index (κ2) is 5.79. The van der Waals surface area contributed by atoms with E-state index in [1.807, 2.05) is 13.8 Å². The Morgan fingerprint density at radius 3 is 2.71 bits per heavy atom. The molecule has 1 unspecified atom stereocenters. The molecule has 1 saturated heterocycles. The summed E-state index contributed by atoms with van der Waals surface area (Å²) in [6.07, 6.45) is -0.698. The minimum Gasteiger partial charge on any atom is -0.481 e. The molecule has 1 aliphatic rings. The van der Waals surface area contributed by atoms with E-state index in [1.165, 1.54) is 4.31 Å². The molecule has 0 aromatic carbocycles. The van der Waals surface area contributed by atoms with Crippen LogP contribution in [0.25, 0.3) is 0 Å². The maximum absolute atomic E-state index is 12.0. The Kier molecular flexibility index (Phi) is 4.91. The lowest BCUT2D eigenvalue weighted by Crippen LogP contribution is -2.47. The van der Waals surface area contributed by atoms with Crippen LogP contribution >= 0.6 is 0 Å². The Labute approximate surface area is 102 Å². The predicted molar refractivity (Wildman–Crippen MR) is 62.2 cm³/mol. The summed E-state index contributed by atoms with van der Waals surface area (Å²) in [4.78, 5) is 10.6. The number of carboxylic acid groups (broad SMARTS) is 1. The standard InChI is InChI=1S/C10H19NO5S/c1-8(2)7-17(14,15)11-3-4-16-9(6-11)5-10(12)13/h8-9H,3-7H2,1-2H3,(H,12,13). The molecule has 1 atom stereocenters. The molecule has 17 heavy (non-hydrogen) atoms. The van der Waals surface area contributed by atoms with Crippen molar-refractivity contribution in [2.24, 2.45) is 5.92 Å². The number of hydrogen-bond donors (Lipinski definition) is 1. The summed E-state index contributed by atoms with van der Waals surface area (Å²) in [6, 6.07) is 0. The minimum atomic E-state index is -3.29. The molecule has 100 valence electrons. The van der Waals surface area contributed by atoms with E-state index in [1.54, 1.807) is 0 Å². The molecule has 0 bridgehead atoms. The number of carboxylic acids is 1. The van der Waals surface area contributed by atoms with Gasteiger partial charge in [-0.1, -0.05) is 13.8 Å². The number of aliphatic carboxylic acids is 1. The van der Waals surface area contributed by atoms with Crippen molar-refractivity contribution in [3.8, 4) is 0 Å². The van der Waals surface area contributed by atoms with Crippen molar-refractivity contribution in [3.05, 3.63) is 0 Å². The van der Waals surface area contributed by atoms with Crippen LogP contribution < -0.4 is 0 Å². The lowest BCUT2D eigenvalue weighted by Gasteiger charge is -2.31. The average Bonchev–Trinajstić information content (AvgIpc) is 2.15. The van der Waals surface area contributed by atoms with Gasteiger partial charge in [0.25, 0.3) is 0 Å². The van der Waals surface area contributed by atoms with Gasteiger partial charge in [0.15, 0.2) is 0 Å². The Hall–Kier alpha value is -0.660. The first-order valence-corrected chi connectivity index (χ1v) is 7.23. The molecule has 0 spiro atoms. The van der Waals surface area contributed by atoms with Gasteiger partial charge >= 0.3 is 5.97 Å². The molecule has 0 aromatic rings. The van der Waals surface area contributed by atoms with Crippen molar-refractivity contribution >= 4 is 16.0 Å². The molecule has 1 aliphatic heterocycles. The van der Waals surface area contributed by atoms with Gasteiger partial charge in [0.1, 0.15) is 0 Å². The second-order valence-electron chi connectivity index (χ2n) is 4.62. The quantitative estimate of drug-likeness (QED) is 0.765. The van der Waals surface area contributed by atoms with E-state index < -0.39 is 22.1 Å². The van der Waals surface area contributed by atoms with Crippen LogP contribution in [0.4, 0.5) is 0 Å². The number of morpholine rings is 1. The fourth-order valence-corrected chi connectivity index (χ4v) is 3.59. The third-order valence-corrected chi connectivity index (χ3v) is 4.65. The summed E-state index contributed by atoms with van der Waals surface area (Å²) in [5, 5.41) is 8.65. The van der Waals surface area contributed by atoms with Crippen LogP contribution in [0.5, 0.6) is 0 Å². The normalized spacial score (nSPS) is 22.9. The zero-order valence-electron chi connectivity index (χ0n) is 10.1. The van der Waals surface area contributed by atoms with Crippen molar-refractivity contribution in [1.82, 2.24) is 4.31 Å². The number of ether oxygens (including phenoxy) is 1. The van der Waals surface area contributed by atoms with Gasteiger partial charge < -0.3 is 9.84 Å². The second-order valence-corrected chi connectivity index (χ2v) is 6.63. The lowest BCUT2D eigenvalue weighted by atomic mass is 10.2. The molecule has 0 saturated carbocycles. The fourth-order valence-electron chi connectivity index (χ4n) is 1.79. The molecule has 1 N–H and O–H groups in total. The molecule has 0 aliphatic carbocycles. The molecule has 0 radical (unpaired) electrons. The van der Waals surface area contributed by atoms with Crippen LogP contribution in [-0.2, 0) is 19.6 Å². The Morgan fingerprint density at radius 2 is 2.18 bits per heavy atom. The van der Waals surface area contributed by atoms with E-state index in [9.17, 15) is 13.2 Å². The third kappa shape index (κ3) is 4.61. The molecule has 1 fully saturated rings. The molecule has 1 rings (SSSR count). The van der Waals surface area contributed by atoms with Crippen LogP contribution in [0.15, 0.2) is 0 Å². The summed E-state index contributed by atoms with van der Waals surface area (Å²) < 4.78 is 30.5. The highest BCUT2D eigenvalue weighted by molar-refractivity contribution is 7.89. The Balaban J connectivity index is 2.63. The summed E-state index contributed by atoms with van der Waals surface area (Å²) >= 11 is 0. The van der Waals surface area contributed by atoms with E-state index >= 15 is 0 Å². The maximum Gasteiger partial charge on any atom is 0.306 e. The summed E-state index contributed by atoms with van der Waals surface area (Å²) in [5.41, 5.74) is 0. The Morgan fingerprint density at radius 1 is 1.53 bits per heavy atom. The Bertz CT molecular complexity index is 365. The van der Waals surface area contributed by atoms with Gasteiger partial charge in [0.2, 0.25) is 10.0 Å². The number of hydrogen-bond acceptors (Lipinski definition) is 4. The fraction of sp³-hybridized carbons (Fsp3) is 0.900. The van der Waals surface area contributed by atoms with Crippen molar-refractivity contribution in [3.63, 3.8) is 0 Å². The summed E-state index contributed by atoms with van der Waals surface area (Å²) in [7, 11) is -3.29. The number of carbonyl (C=O) groups is 1. The van der Waals surface area contributed by atoms with Gasteiger partial charge in [0, 0.05) is 13.1 Å². The van der Waals surface area contributed by atoms with Crippen LogP contribution in [-0.4, -0.2) is 55.4 Å². The molecule has 0 amide bonds. The van der Waals surface area contributed by atoms with E-state index in [0.29, 0.717) is 6.54 Å². The smallest absolute Gasteiger partial charge is 0.306 e. The topological polar surface area (TPSA) is 83.9 Å². The first-order valence-electron chi connectivity index (χ1n) is 5.62. The van der Waals surface area contributed by atoms with Gasteiger partial charge in [-0.2, -0.15) is 4.31 Å². The van der Waals surface area contributed by atoms with Crippen LogP contribution in [0.2, 0.25) is 0 Å². The highest BCUT2D eigenvalue weighted by Crippen LogP contribution is 2.14. The SMILES string of the molecule is CC(C)CS(=O)(=O)N1CCOC(CC(=O)O)C1. The van der Waals surface area contributed by atoms with Gasteiger partial charge in [-0.25, -0.2) is 8.42 Å². The van der Waals surface area contributed by atoms with Crippen molar-refractivity contribution in [2.75, 3.05) is 25.4 Å². The van der Waals surface area contributed by atoms with Crippen molar-refractivity contribution in [1.29, 1.82) is 0 Å². The zero-order chi connectivity index (χ0) is 13.1. The summed E-state index contributed by atoms with van der Waals surface area (Å²) in [5.74, 6) is -0.828. The highest BCUT2D eigenvalue weighted by atomic mass is 32.2. The summed E-state index contributed by atoms with van der Waals surface area (Å²) in [6.45, 7) is 4.39. The maximum atomic E-state index is 12.0. The zero-order valence-corrected chi connectivity index (χ0v) is 10.9. The minimum absolute atomic E-state index is 0.0563. The molecule has 7 heteroatoms. The number of nitrogens with zero attached hydrogens (tertiary/aromatic N) is 1. The van der Waals surface area contributed by atoms with Gasteiger partial charge in [-0.15, -0.1) is 0 Å². The lowest BCUT2D eigenvalue weighted by molar-refractivity contribution is -0.141. The van der Waals surface area contributed by atoms with Crippen LogP contribution in [0, 0.1) is 5.92 Å². The molecular formula is C10H19NO5S.